The van der Waals surface area contributed by atoms with Crippen LogP contribution in [0.5, 0.6) is 5.75 Å². The Kier molecular flexibility index (Phi) is 4.38. The van der Waals surface area contributed by atoms with Crippen LogP contribution in [0.1, 0.15) is 12.5 Å². The average molecular weight is 306 g/mol. The second-order valence-electron chi connectivity index (χ2n) is 4.79. The summed E-state index contributed by atoms with van der Waals surface area (Å²) in [6.45, 7) is 1.60. The highest BCUT2D eigenvalue weighted by Crippen LogP contribution is 2.29. The third-order valence-electron chi connectivity index (χ3n) is 3.31. The fraction of sp³-hybridized carbons (Fsp3) is 0.188. The molecule has 110 valence electrons. The first kappa shape index (κ1) is 15.2. The summed E-state index contributed by atoms with van der Waals surface area (Å²) in [5.41, 5.74) is -0.0153. The quantitative estimate of drug-likeness (QED) is 0.883. The maximum atomic E-state index is 11.7. The molecule has 0 saturated carbocycles. The van der Waals surface area contributed by atoms with Crippen LogP contribution in [0.25, 0.3) is 0 Å². The normalized spacial score (nSPS) is 13.3. The van der Waals surface area contributed by atoms with Crippen molar-refractivity contribution in [1.29, 1.82) is 0 Å². The van der Waals surface area contributed by atoms with Gasteiger partial charge in [-0.25, -0.2) is 4.79 Å². The van der Waals surface area contributed by atoms with E-state index in [0.717, 1.165) is 0 Å². The van der Waals surface area contributed by atoms with Crippen LogP contribution in [0.15, 0.2) is 48.5 Å². The number of hydrogen-bond acceptors (Lipinski definition) is 3. The molecule has 0 aliphatic heterocycles. The molecule has 2 aromatic rings. The fourth-order valence-electron chi connectivity index (χ4n) is 2.01. The number of hydrogen-bond donors (Lipinski definition) is 2. The van der Waals surface area contributed by atoms with E-state index in [-0.39, 0.29) is 0 Å². The Hall–Kier alpha value is -2.20. The zero-order valence-corrected chi connectivity index (χ0v) is 12.5. The van der Waals surface area contributed by atoms with Gasteiger partial charge in [0.1, 0.15) is 5.75 Å². The van der Waals surface area contributed by atoms with E-state index in [2.05, 4.69) is 5.32 Å². The topological polar surface area (TPSA) is 58.6 Å². The monoisotopic (exact) mass is 305 g/mol. The van der Waals surface area contributed by atoms with Crippen LogP contribution in [-0.4, -0.2) is 18.2 Å². The molecule has 0 amide bonds. The van der Waals surface area contributed by atoms with Crippen molar-refractivity contribution in [3.05, 3.63) is 59.1 Å². The lowest BCUT2D eigenvalue weighted by atomic mass is 9.91. The van der Waals surface area contributed by atoms with Crippen molar-refractivity contribution < 1.29 is 14.6 Å². The lowest BCUT2D eigenvalue weighted by Crippen LogP contribution is -2.40. The zero-order valence-electron chi connectivity index (χ0n) is 11.8. The molecule has 0 saturated heterocycles. The molecule has 0 bridgehead atoms. The molecule has 0 aromatic heterocycles. The van der Waals surface area contributed by atoms with Crippen molar-refractivity contribution in [2.75, 3.05) is 12.4 Å². The third-order valence-corrected chi connectivity index (χ3v) is 3.55. The lowest BCUT2D eigenvalue weighted by Gasteiger charge is -2.28. The van der Waals surface area contributed by atoms with Crippen LogP contribution in [0.3, 0.4) is 0 Å². The minimum absolute atomic E-state index is 0.497. The van der Waals surface area contributed by atoms with Crippen LogP contribution < -0.4 is 10.1 Å². The Bertz CT molecular complexity index is 642. The molecule has 0 spiro atoms. The summed E-state index contributed by atoms with van der Waals surface area (Å²) in [6, 6.07) is 13.9. The van der Waals surface area contributed by atoms with Gasteiger partial charge in [0.15, 0.2) is 5.54 Å². The molecule has 0 radical (unpaired) electrons. The van der Waals surface area contributed by atoms with Crippen LogP contribution in [0.2, 0.25) is 5.02 Å². The van der Waals surface area contributed by atoms with Gasteiger partial charge in [0.05, 0.1) is 7.11 Å². The number of methoxy groups -OCH3 is 1. The number of carboxylic acid groups (broad SMARTS) is 1. The zero-order chi connectivity index (χ0) is 15.5. The van der Waals surface area contributed by atoms with E-state index < -0.39 is 11.5 Å². The van der Waals surface area contributed by atoms with Gasteiger partial charge in [-0.15, -0.1) is 0 Å². The molecular formula is C16H16ClNO3. The predicted octanol–water partition coefficient (Wildman–Crippen LogP) is 3.76. The first-order valence-corrected chi connectivity index (χ1v) is 6.75. The molecular weight excluding hydrogens is 290 g/mol. The third kappa shape index (κ3) is 3.28. The highest BCUT2D eigenvalue weighted by atomic mass is 35.5. The van der Waals surface area contributed by atoms with Crippen molar-refractivity contribution in [3.8, 4) is 5.75 Å². The van der Waals surface area contributed by atoms with Crippen LogP contribution in [-0.2, 0) is 10.3 Å². The molecule has 1 unspecified atom stereocenters. The maximum Gasteiger partial charge on any atom is 0.333 e. The van der Waals surface area contributed by atoms with E-state index in [1.807, 2.05) is 0 Å². The first-order chi connectivity index (χ1) is 9.95. The van der Waals surface area contributed by atoms with Gasteiger partial charge in [-0.2, -0.15) is 0 Å². The summed E-state index contributed by atoms with van der Waals surface area (Å²) < 4.78 is 5.09. The molecule has 0 heterocycles. The fourth-order valence-corrected chi connectivity index (χ4v) is 2.20. The largest absolute Gasteiger partial charge is 0.497 e. The Morgan fingerprint density at radius 1 is 1.24 bits per heavy atom. The number of anilines is 1. The summed E-state index contributed by atoms with van der Waals surface area (Å²) in [7, 11) is 1.58. The number of carbonyl (C=O) groups is 1. The standard InChI is InChI=1S/C16H16ClNO3/c1-16(15(19)20,11-4-3-5-12(17)10-11)18-13-6-8-14(21-2)9-7-13/h3-10,18H,1-2H3,(H,19,20). The number of ether oxygens (including phenoxy) is 1. The molecule has 2 N–H and O–H groups in total. The van der Waals surface area contributed by atoms with Gasteiger partial charge in [0.25, 0.3) is 0 Å². The second-order valence-corrected chi connectivity index (χ2v) is 5.23. The summed E-state index contributed by atoms with van der Waals surface area (Å²) in [5.74, 6) is -0.277. The minimum atomic E-state index is -1.28. The summed E-state index contributed by atoms with van der Waals surface area (Å²) in [5, 5.41) is 13.1. The van der Waals surface area contributed by atoms with Crippen LogP contribution in [0.4, 0.5) is 5.69 Å². The number of benzene rings is 2. The molecule has 1 atom stereocenters. The van der Waals surface area contributed by atoms with Crippen molar-refractivity contribution in [2.24, 2.45) is 0 Å². The van der Waals surface area contributed by atoms with Gasteiger partial charge in [-0.05, 0) is 48.9 Å². The number of aliphatic carboxylic acids is 1. The van der Waals surface area contributed by atoms with Gasteiger partial charge >= 0.3 is 5.97 Å². The average Bonchev–Trinajstić information content (AvgIpc) is 2.47. The van der Waals surface area contributed by atoms with E-state index in [1.165, 1.54) is 0 Å². The van der Waals surface area contributed by atoms with Crippen LogP contribution >= 0.6 is 11.6 Å². The summed E-state index contributed by atoms with van der Waals surface area (Å²) in [6.07, 6.45) is 0. The van der Waals surface area contributed by atoms with Gasteiger partial charge in [-0.3, -0.25) is 0 Å². The summed E-state index contributed by atoms with van der Waals surface area (Å²) in [4.78, 5) is 11.7. The number of halogens is 1. The molecule has 0 aliphatic carbocycles. The first-order valence-electron chi connectivity index (χ1n) is 6.37. The predicted molar refractivity (Wildman–Crippen MR) is 83.1 cm³/mol. The highest BCUT2D eigenvalue weighted by Gasteiger charge is 2.35. The molecule has 2 rings (SSSR count). The van der Waals surface area contributed by atoms with Gasteiger partial charge in [0, 0.05) is 10.7 Å². The molecule has 5 heteroatoms. The van der Waals surface area contributed by atoms with Crippen molar-refractivity contribution in [3.63, 3.8) is 0 Å². The van der Waals surface area contributed by atoms with E-state index in [9.17, 15) is 9.90 Å². The van der Waals surface area contributed by atoms with E-state index in [1.54, 1.807) is 62.6 Å². The van der Waals surface area contributed by atoms with Gasteiger partial charge in [0.2, 0.25) is 0 Å². The smallest absolute Gasteiger partial charge is 0.333 e. The molecule has 2 aromatic carbocycles. The second kappa shape index (κ2) is 6.06. The van der Waals surface area contributed by atoms with E-state index in [0.29, 0.717) is 22.0 Å². The van der Waals surface area contributed by atoms with E-state index >= 15 is 0 Å². The molecule has 21 heavy (non-hydrogen) atoms. The van der Waals surface area contributed by atoms with Gasteiger partial charge < -0.3 is 15.2 Å². The molecule has 0 aliphatic rings. The Morgan fingerprint density at radius 3 is 2.43 bits per heavy atom. The molecule has 4 nitrogen and oxygen atoms in total. The molecule has 0 fully saturated rings. The Morgan fingerprint density at radius 2 is 1.90 bits per heavy atom. The van der Waals surface area contributed by atoms with E-state index in [4.69, 9.17) is 16.3 Å². The SMILES string of the molecule is COc1ccc(NC(C)(C(=O)O)c2cccc(Cl)c2)cc1. The number of nitrogens with one attached hydrogen (secondary N) is 1. The number of rotatable bonds is 5. The van der Waals surface area contributed by atoms with Crippen molar-refractivity contribution >= 4 is 23.3 Å². The lowest BCUT2D eigenvalue weighted by molar-refractivity contribution is -0.142. The van der Waals surface area contributed by atoms with Gasteiger partial charge in [-0.1, -0.05) is 23.7 Å². The number of carboxylic acids is 1. The maximum absolute atomic E-state index is 11.7. The highest BCUT2D eigenvalue weighted by molar-refractivity contribution is 6.30. The van der Waals surface area contributed by atoms with Crippen molar-refractivity contribution in [1.82, 2.24) is 0 Å². The van der Waals surface area contributed by atoms with Crippen LogP contribution in [0, 0.1) is 0 Å². The Balaban J connectivity index is 2.36. The Labute approximate surface area is 128 Å². The summed E-state index contributed by atoms with van der Waals surface area (Å²) >= 11 is 5.96. The van der Waals surface area contributed by atoms with Crippen molar-refractivity contribution in [2.45, 2.75) is 12.5 Å². The minimum Gasteiger partial charge on any atom is -0.497 e.